The molecule has 9 heteroatoms. The van der Waals surface area contributed by atoms with Gasteiger partial charge in [0.15, 0.2) is 0 Å². The number of ether oxygens (including phenoxy) is 1. The molecular weight excluding hydrogens is 466 g/mol. The molecule has 0 aliphatic heterocycles. The normalized spacial score (nSPS) is 10.9. The van der Waals surface area contributed by atoms with E-state index in [0.717, 1.165) is 16.5 Å². The number of aromatic amines is 1. The van der Waals surface area contributed by atoms with Crippen LogP contribution in [0.4, 0.5) is 0 Å². The fourth-order valence-electron chi connectivity index (χ4n) is 3.62. The number of hydrogen-bond acceptors (Lipinski definition) is 5. The molecule has 0 spiro atoms. The molecule has 174 valence electrons. The maximum Gasteiger partial charge on any atom is 0.270 e. The van der Waals surface area contributed by atoms with E-state index in [-0.39, 0.29) is 23.7 Å². The summed E-state index contributed by atoms with van der Waals surface area (Å²) in [6, 6.07) is 21.2. The summed E-state index contributed by atoms with van der Waals surface area (Å²) < 4.78 is 7.53. The topological polar surface area (TPSA) is 102 Å². The zero-order valence-corrected chi connectivity index (χ0v) is 19.2. The van der Waals surface area contributed by atoms with Gasteiger partial charge in [0.05, 0.1) is 24.3 Å². The number of carbonyl (C=O) groups is 1. The molecule has 3 heterocycles. The number of carbonyl (C=O) groups excluding carboxylic acids is 1. The summed E-state index contributed by atoms with van der Waals surface area (Å²) in [5, 5.41) is 11.5. The first-order valence-corrected chi connectivity index (χ1v) is 11.2. The van der Waals surface area contributed by atoms with Crippen molar-refractivity contribution in [3.63, 3.8) is 0 Å². The SMILES string of the molecule is O=C(NCc1n[nH]c2ccc(Cl)cc12)c1cc(Oc2ccc(Cn3ccccc3=O)cc2)ccn1. The highest BCUT2D eigenvalue weighted by Crippen LogP contribution is 2.23. The van der Waals surface area contributed by atoms with Crippen molar-refractivity contribution in [2.45, 2.75) is 13.1 Å². The quantitative estimate of drug-likeness (QED) is 0.352. The lowest BCUT2D eigenvalue weighted by molar-refractivity contribution is 0.0945. The van der Waals surface area contributed by atoms with Crippen LogP contribution in [0, 0.1) is 0 Å². The minimum Gasteiger partial charge on any atom is -0.457 e. The number of benzene rings is 2. The molecule has 3 aromatic heterocycles. The standard InChI is InChI=1S/C26H20ClN5O3/c27-18-6-9-22-21(13-18)24(31-30-22)15-29-26(34)23-14-20(10-11-28-23)35-19-7-4-17(5-8-19)16-32-12-2-1-3-25(32)33/h1-14H,15-16H2,(H,29,34)(H,30,31). The summed E-state index contributed by atoms with van der Waals surface area (Å²) in [5.41, 5.74) is 2.66. The summed E-state index contributed by atoms with van der Waals surface area (Å²) in [6.45, 7) is 0.689. The zero-order valence-electron chi connectivity index (χ0n) is 18.4. The van der Waals surface area contributed by atoms with Crippen LogP contribution in [0.5, 0.6) is 11.5 Å². The molecule has 8 nitrogen and oxygen atoms in total. The van der Waals surface area contributed by atoms with E-state index < -0.39 is 0 Å². The first kappa shape index (κ1) is 22.4. The molecule has 0 saturated heterocycles. The smallest absolute Gasteiger partial charge is 0.270 e. The Labute approximate surface area is 205 Å². The number of nitrogens with zero attached hydrogens (tertiary/aromatic N) is 3. The molecule has 0 saturated carbocycles. The molecule has 35 heavy (non-hydrogen) atoms. The van der Waals surface area contributed by atoms with Gasteiger partial charge >= 0.3 is 0 Å². The van der Waals surface area contributed by atoms with E-state index in [1.807, 2.05) is 36.4 Å². The minimum atomic E-state index is -0.350. The van der Waals surface area contributed by atoms with Gasteiger partial charge in [-0.3, -0.25) is 19.7 Å². The van der Waals surface area contributed by atoms with Crippen molar-refractivity contribution in [2.75, 3.05) is 0 Å². The van der Waals surface area contributed by atoms with Gasteiger partial charge in [-0.2, -0.15) is 5.10 Å². The Balaban J connectivity index is 1.23. The van der Waals surface area contributed by atoms with Gasteiger partial charge in [0, 0.05) is 34.9 Å². The third-order valence-electron chi connectivity index (χ3n) is 5.40. The monoisotopic (exact) mass is 485 g/mol. The highest BCUT2D eigenvalue weighted by molar-refractivity contribution is 6.31. The Morgan fingerprint density at radius 3 is 2.71 bits per heavy atom. The maximum atomic E-state index is 12.7. The molecule has 0 atom stereocenters. The summed E-state index contributed by atoms with van der Waals surface area (Å²) in [5.74, 6) is 0.734. The highest BCUT2D eigenvalue weighted by atomic mass is 35.5. The first-order chi connectivity index (χ1) is 17.0. The van der Waals surface area contributed by atoms with E-state index in [9.17, 15) is 9.59 Å². The zero-order chi connectivity index (χ0) is 24.2. The number of fused-ring (bicyclic) bond motifs is 1. The first-order valence-electron chi connectivity index (χ1n) is 10.8. The van der Waals surface area contributed by atoms with E-state index in [1.165, 1.54) is 12.3 Å². The second-order valence-corrected chi connectivity index (χ2v) is 8.27. The van der Waals surface area contributed by atoms with E-state index in [2.05, 4.69) is 20.5 Å². The van der Waals surface area contributed by atoms with Gasteiger partial charge in [-0.1, -0.05) is 29.8 Å². The second kappa shape index (κ2) is 9.82. The predicted octanol–water partition coefficient (Wildman–Crippen LogP) is 4.54. The Bertz CT molecular complexity index is 1560. The fraction of sp³-hybridized carbons (Fsp3) is 0.0769. The number of rotatable bonds is 7. The van der Waals surface area contributed by atoms with E-state index in [4.69, 9.17) is 16.3 Å². The van der Waals surface area contributed by atoms with Gasteiger partial charge < -0.3 is 14.6 Å². The number of aromatic nitrogens is 4. The van der Waals surface area contributed by atoms with Crippen molar-refractivity contribution in [1.29, 1.82) is 0 Å². The predicted molar refractivity (Wildman–Crippen MR) is 133 cm³/mol. The van der Waals surface area contributed by atoms with Crippen molar-refractivity contribution in [1.82, 2.24) is 25.1 Å². The Morgan fingerprint density at radius 2 is 1.89 bits per heavy atom. The lowest BCUT2D eigenvalue weighted by Crippen LogP contribution is -2.24. The van der Waals surface area contributed by atoms with E-state index >= 15 is 0 Å². The van der Waals surface area contributed by atoms with Crippen LogP contribution < -0.4 is 15.6 Å². The van der Waals surface area contributed by atoms with Gasteiger partial charge in [-0.15, -0.1) is 0 Å². The van der Waals surface area contributed by atoms with Crippen LogP contribution in [0.15, 0.2) is 90.0 Å². The molecular formula is C26H20ClN5O3. The summed E-state index contributed by atoms with van der Waals surface area (Å²) in [7, 11) is 0. The van der Waals surface area contributed by atoms with Crippen molar-refractivity contribution >= 4 is 28.4 Å². The average Bonchev–Trinajstić information content (AvgIpc) is 3.27. The lowest BCUT2D eigenvalue weighted by Gasteiger charge is -2.09. The fourth-order valence-corrected chi connectivity index (χ4v) is 3.79. The van der Waals surface area contributed by atoms with Crippen LogP contribution in [0.1, 0.15) is 21.7 Å². The summed E-state index contributed by atoms with van der Waals surface area (Å²) in [4.78, 5) is 28.7. The largest absolute Gasteiger partial charge is 0.457 e. The third-order valence-corrected chi connectivity index (χ3v) is 5.63. The van der Waals surface area contributed by atoms with E-state index in [0.29, 0.717) is 28.8 Å². The summed E-state index contributed by atoms with van der Waals surface area (Å²) in [6.07, 6.45) is 3.27. The molecule has 2 aromatic carbocycles. The average molecular weight is 486 g/mol. The highest BCUT2D eigenvalue weighted by Gasteiger charge is 2.12. The van der Waals surface area contributed by atoms with Gasteiger partial charge in [0.2, 0.25) is 0 Å². The van der Waals surface area contributed by atoms with Crippen molar-refractivity contribution in [2.24, 2.45) is 0 Å². The number of pyridine rings is 2. The molecule has 1 amide bonds. The molecule has 0 radical (unpaired) electrons. The van der Waals surface area contributed by atoms with Gasteiger partial charge in [0.25, 0.3) is 11.5 Å². The maximum absolute atomic E-state index is 12.7. The number of amides is 1. The Hall–Kier alpha value is -4.43. The molecule has 5 aromatic rings. The van der Waals surface area contributed by atoms with Gasteiger partial charge in [-0.25, -0.2) is 0 Å². The number of halogens is 1. The van der Waals surface area contributed by atoms with Gasteiger partial charge in [-0.05, 0) is 48.0 Å². The van der Waals surface area contributed by atoms with Crippen LogP contribution in [-0.2, 0) is 13.1 Å². The second-order valence-electron chi connectivity index (χ2n) is 7.83. The van der Waals surface area contributed by atoms with Crippen LogP contribution in [0.2, 0.25) is 5.02 Å². The minimum absolute atomic E-state index is 0.0558. The number of hydrogen-bond donors (Lipinski definition) is 2. The molecule has 2 N–H and O–H groups in total. The Morgan fingerprint density at radius 1 is 1.03 bits per heavy atom. The van der Waals surface area contributed by atoms with E-state index in [1.54, 1.807) is 41.1 Å². The number of H-pyrrole nitrogens is 1. The molecule has 5 rings (SSSR count). The van der Waals surface area contributed by atoms with Gasteiger partial charge in [0.1, 0.15) is 17.2 Å². The molecule has 0 aliphatic carbocycles. The van der Waals surface area contributed by atoms with Crippen molar-refractivity contribution < 1.29 is 9.53 Å². The molecule has 0 unspecified atom stereocenters. The van der Waals surface area contributed by atoms with Crippen LogP contribution in [-0.4, -0.2) is 25.7 Å². The number of nitrogens with one attached hydrogen (secondary N) is 2. The van der Waals surface area contributed by atoms with Crippen molar-refractivity contribution in [3.05, 3.63) is 118 Å². The molecule has 0 fully saturated rings. The lowest BCUT2D eigenvalue weighted by atomic mass is 10.2. The molecule has 0 bridgehead atoms. The third kappa shape index (κ3) is 5.23. The molecule has 0 aliphatic rings. The van der Waals surface area contributed by atoms with Crippen LogP contribution in [0.25, 0.3) is 10.9 Å². The van der Waals surface area contributed by atoms with Crippen LogP contribution in [0.3, 0.4) is 0 Å². The summed E-state index contributed by atoms with van der Waals surface area (Å²) >= 11 is 6.07. The van der Waals surface area contributed by atoms with Crippen molar-refractivity contribution in [3.8, 4) is 11.5 Å². The van der Waals surface area contributed by atoms with Crippen LogP contribution >= 0.6 is 11.6 Å². The Kier molecular flexibility index (Phi) is 6.28.